The van der Waals surface area contributed by atoms with Crippen LogP contribution in [-0.4, -0.2) is 6.04 Å². The van der Waals surface area contributed by atoms with Crippen molar-refractivity contribution in [3.63, 3.8) is 0 Å². The van der Waals surface area contributed by atoms with Crippen molar-refractivity contribution in [3.05, 3.63) is 28.0 Å². The van der Waals surface area contributed by atoms with E-state index in [1.807, 2.05) is 0 Å². The van der Waals surface area contributed by atoms with E-state index in [-0.39, 0.29) is 6.04 Å². The van der Waals surface area contributed by atoms with Gasteiger partial charge in [-0.15, -0.1) is 0 Å². The van der Waals surface area contributed by atoms with Gasteiger partial charge in [-0.1, -0.05) is 44.0 Å². The molecule has 1 atom stereocenters. The van der Waals surface area contributed by atoms with Crippen LogP contribution in [0.15, 0.2) is 12.1 Å². The Morgan fingerprint density at radius 1 is 1.25 bits per heavy atom. The van der Waals surface area contributed by atoms with E-state index >= 15 is 0 Å². The van der Waals surface area contributed by atoms with Crippen LogP contribution in [0.3, 0.4) is 0 Å². The lowest BCUT2D eigenvalue weighted by atomic mass is 10.0. The van der Waals surface area contributed by atoms with Gasteiger partial charge < -0.3 is 5.32 Å². The minimum Gasteiger partial charge on any atom is -0.380 e. The molecular formula is C12H16Cl2FN. The third-order valence-corrected chi connectivity index (χ3v) is 3.18. The van der Waals surface area contributed by atoms with Crippen molar-refractivity contribution in [1.29, 1.82) is 0 Å². The molecule has 1 aromatic carbocycles. The highest BCUT2D eigenvalue weighted by Crippen LogP contribution is 2.32. The van der Waals surface area contributed by atoms with Crippen LogP contribution in [-0.2, 0) is 0 Å². The van der Waals surface area contributed by atoms with Crippen molar-refractivity contribution in [2.75, 3.05) is 5.32 Å². The van der Waals surface area contributed by atoms with Crippen LogP contribution in [0.1, 0.15) is 27.2 Å². The van der Waals surface area contributed by atoms with Gasteiger partial charge in [-0.2, -0.15) is 0 Å². The number of hydrogen-bond donors (Lipinski definition) is 1. The first kappa shape index (κ1) is 13.6. The zero-order valence-electron chi connectivity index (χ0n) is 9.65. The first-order valence-electron chi connectivity index (χ1n) is 5.36. The van der Waals surface area contributed by atoms with E-state index in [1.54, 1.807) is 0 Å². The number of halogens is 3. The van der Waals surface area contributed by atoms with E-state index in [1.165, 1.54) is 12.1 Å². The smallest absolute Gasteiger partial charge is 0.126 e. The van der Waals surface area contributed by atoms with Crippen molar-refractivity contribution in [2.45, 2.75) is 33.2 Å². The topological polar surface area (TPSA) is 12.0 Å². The highest BCUT2D eigenvalue weighted by Gasteiger charge is 2.15. The zero-order valence-corrected chi connectivity index (χ0v) is 11.2. The van der Waals surface area contributed by atoms with Gasteiger partial charge in [0, 0.05) is 6.04 Å². The molecule has 0 fully saturated rings. The Hall–Kier alpha value is -0.470. The van der Waals surface area contributed by atoms with Gasteiger partial charge in [-0.05, 0) is 24.5 Å². The van der Waals surface area contributed by atoms with E-state index in [4.69, 9.17) is 23.2 Å². The highest BCUT2D eigenvalue weighted by molar-refractivity contribution is 6.39. The van der Waals surface area contributed by atoms with Crippen molar-refractivity contribution < 1.29 is 4.39 Å². The monoisotopic (exact) mass is 263 g/mol. The molecule has 0 radical (unpaired) electrons. The molecule has 0 aliphatic rings. The van der Waals surface area contributed by atoms with E-state index in [0.29, 0.717) is 21.7 Å². The van der Waals surface area contributed by atoms with Crippen LogP contribution in [0.4, 0.5) is 10.1 Å². The molecule has 0 saturated heterocycles. The molecule has 0 aliphatic heterocycles. The third-order valence-electron chi connectivity index (χ3n) is 2.58. The van der Waals surface area contributed by atoms with Gasteiger partial charge in [0.2, 0.25) is 0 Å². The summed E-state index contributed by atoms with van der Waals surface area (Å²) in [6.45, 7) is 6.32. The second-order valence-corrected chi connectivity index (χ2v) is 4.96. The fraction of sp³-hybridized carbons (Fsp3) is 0.500. The fourth-order valence-corrected chi connectivity index (χ4v) is 2.18. The predicted molar refractivity (Wildman–Crippen MR) is 69.0 cm³/mol. The predicted octanol–water partition coefficient (Wildman–Crippen LogP) is 4.98. The molecule has 0 aliphatic carbocycles. The molecule has 1 rings (SSSR count). The Bertz CT molecular complexity index is 343. The standard InChI is InChI=1S/C12H16Cl2FN/c1-4-11(7(2)3)16-12-9(13)5-8(15)6-10(12)14/h5-7,11,16H,4H2,1-3H3. The van der Waals surface area contributed by atoms with Crippen LogP contribution in [0.2, 0.25) is 10.0 Å². The van der Waals surface area contributed by atoms with Gasteiger partial charge in [0.25, 0.3) is 0 Å². The molecule has 0 bridgehead atoms. The molecule has 16 heavy (non-hydrogen) atoms. The maximum absolute atomic E-state index is 13.0. The fourth-order valence-electron chi connectivity index (χ4n) is 1.61. The molecule has 1 aromatic rings. The van der Waals surface area contributed by atoms with Crippen LogP contribution in [0, 0.1) is 11.7 Å². The van der Waals surface area contributed by atoms with Gasteiger partial charge in [-0.3, -0.25) is 0 Å². The van der Waals surface area contributed by atoms with E-state index in [0.717, 1.165) is 6.42 Å². The molecule has 1 unspecified atom stereocenters. The first-order valence-corrected chi connectivity index (χ1v) is 6.12. The number of benzene rings is 1. The van der Waals surface area contributed by atoms with E-state index in [9.17, 15) is 4.39 Å². The van der Waals surface area contributed by atoms with Crippen LogP contribution in [0.5, 0.6) is 0 Å². The lowest BCUT2D eigenvalue weighted by molar-refractivity contribution is 0.511. The van der Waals surface area contributed by atoms with Gasteiger partial charge in [0.15, 0.2) is 0 Å². The third kappa shape index (κ3) is 3.26. The number of rotatable bonds is 4. The summed E-state index contributed by atoms with van der Waals surface area (Å²) in [5.74, 6) is 0.0420. The van der Waals surface area contributed by atoms with Crippen molar-refractivity contribution >= 4 is 28.9 Å². The molecule has 0 heterocycles. The Morgan fingerprint density at radius 2 is 1.75 bits per heavy atom. The van der Waals surface area contributed by atoms with Gasteiger partial charge in [0.05, 0.1) is 15.7 Å². The quantitative estimate of drug-likeness (QED) is 0.808. The molecule has 90 valence electrons. The number of nitrogens with one attached hydrogen (secondary N) is 1. The van der Waals surface area contributed by atoms with Crippen LogP contribution in [0.25, 0.3) is 0 Å². The van der Waals surface area contributed by atoms with Crippen LogP contribution >= 0.6 is 23.2 Å². The Labute approximate surface area is 106 Å². The highest BCUT2D eigenvalue weighted by atomic mass is 35.5. The Balaban J connectivity index is 2.96. The number of hydrogen-bond acceptors (Lipinski definition) is 1. The summed E-state index contributed by atoms with van der Waals surface area (Å²) in [5.41, 5.74) is 0.616. The molecular weight excluding hydrogens is 248 g/mol. The van der Waals surface area contributed by atoms with Crippen molar-refractivity contribution in [1.82, 2.24) is 0 Å². The molecule has 0 spiro atoms. The zero-order chi connectivity index (χ0) is 12.3. The second kappa shape index (κ2) is 5.74. The van der Waals surface area contributed by atoms with Gasteiger partial charge >= 0.3 is 0 Å². The summed E-state index contributed by atoms with van der Waals surface area (Å²) in [5, 5.41) is 3.91. The van der Waals surface area contributed by atoms with Crippen molar-refractivity contribution in [2.24, 2.45) is 5.92 Å². The molecule has 1 nitrogen and oxygen atoms in total. The SMILES string of the molecule is CCC(Nc1c(Cl)cc(F)cc1Cl)C(C)C. The normalized spacial score (nSPS) is 12.9. The maximum Gasteiger partial charge on any atom is 0.126 e. The summed E-state index contributed by atoms with van der Waals surface area (Å²) in [4.78, 5) is 0. The molecule has 1 N–H and O–H groups in total. The summed E-state index contributed by atoms with van der Waals surface area (Å²) < 4.78 is 13.0. The van der Waals surface area contributed by atoms with E-state index in [2.05, 4.69) is 26.1 Å². The maximum atomic E-state index is 13.0. The van der Waals surface area contributed by atoms with Gasteiger partial charge in [-0.25, -0.2) is 4.39 Å². The Kier molecular flexibility index (Phi) is 4.88. The Morgan fingerprint density at radius 3 is 2.12 bits per heavy atom. The molecule has 0 aromatic heterocycles. The van der Waals surface area contributed by atoms with Crippen LogP contribution < -0.4 is 5.32 Å². The van der Waals surface area contributed by atoms with E-state index < -0.39 is 5.82 Å². The van der Waals surface area contributed by atoms with Gasteiger partial charge in [0.1, 0.15) is 5.82 Å². The summed E-state index contributed by atoms with van der Waals surface area (Å²) in [6, 6.07) is 2.81. The average Bonchev–Trinajstić information content (AvgIpc) is 2.15. The second-order valence-electron chi connectivity index (χ2n) is 4.15. The lowest BCUT2D eigenvalue weighted by Crippen LogP contribution is -2.24. The largest absolute Gasteiger partial charge is 0.380 e. The molecule has 0 amide bonds. The first-order chi connectivity index (χ1) is 7.45. The average molecular weight is 264 g/mol. The summed E-state index contributed by atoms with van der Waals surface area (Å²) in [6.07, 6.45) is 0.960. The molecule has 0 saturated carbocycles. The lowest BCUT2D eigenvalue weighted by Gasteiger charge is -2.23. The minimum atomic E-state index is -0.418. The van der Waals surface area contributed by atoms with Crippen molar-refractivity contribution in [3.8, 4) is 0 Å². The summed E-state index contributed by atoms with van der Waals surface area (Å²) in [7, 11) is 0. The minimum absolute atomic E-state index is 0.278. The summed E-state index contributed by atoms with van der Waals surface area (Å²) >= 11 is 11.9. The molecule has 4 heteroatoms. The number of anilines is 1.